The molecule has 9 heteroatoms. The summed E-state index contributed by atoms with van der Waals surface area (Å²) in [7, 11) is -4.09. The Morgan fingerprint density at radius 3 is 2.52 bits per heavy atom. The van der Waals surface area contributed by atoms with Crippen molar-refractivity contribution in [2.24, 2.45) is 4.40 Å². The topological polar surface area (TPSA) is 70.6 Å². The highest BCUT2D eigenvalue weighted by Gasteiger charge is 2.21. The number of anilines is 1. The van der Waals surface area contributed by atoms with Gasteiger partial charge in [0.15, 0.2) is 17.5 Å². The fraction of sp³-hybridized carbons (Fsp3) is 0.0500. The normalized spacial score (nSPS) is 15.4. The van der Waals surface area contributed by atoms with Crippen LogP contribution in [0.15, 0.2) is 70.8 Å². The van der Waals surface area contributed by atoms with Crippen molar-refractivity contribution in [3.05, 3.63) is 89.4 Å². The average molecular weight is 417 g/mol. The van der Waals surface area contributed by atoms with Crippen molar-refractivity contribution in [3.8, 4) is 0 Å². The molecule has 0 saturated heterocycles. The van der Waals surface area contributed by atoms with Crippen LogP contribution in [0.2, 0.25) is 0 Å². The lowest BCUT2D eigenvalue weighted by atomic mass is 10.0. The van der Waals surface area contributed by atoms with E-state index in [-0.39, 0.29) is 12.3 Å². The van der Waals surface area contributed by atoms with Gasteiger partial charge in [-0.1, -0.05) is 42.5 Å². The molecule has 1 heterocycles. The van der Waals surface area contributed by atoms with Gasteiger partial charge in [0.25, 0.3) is 0 Å². The largest absolute Gasteiger partial charge is 0.343 e. The second kappa shape index (κ2) is 7.25. The summed E-state index contributed by atoms with van der Waals surface area (Å²) in [6.45, 7) is 0. The van der Waals surface area contributed by atoms with E-state index in [2.05, 4.69) is 14.4 Å². The molecule has 4 rings (SSSR count). The quantitative estimate of drug-likeness (QED) is 0.632. The van der Waals surface area contributed by atoms with Crippen LogP contribution in [0, 0.1) is 17.5 Å². The molecule has 0 spiro atoms. The third-order valence-electron chi connectivity index (χ3n) is 4.35. The highest BCUT2D eigenvalue weighted by Crippen LogP contribution is 2.23. The smallest absolute Gasteiger partial charge is 0.337 e. The molecule has 3 aromatic rings. The molecule has 5 nitrogen and oxygen atoms in total. The zero-order valence-corrected chi connectivity index (χ0v) is 15.6. The minimum absolute atomic E-state index is 0.219. The molecule has 0 unspecified atom stereocenters. The number of hydrogen-bond acceptors (Lipinski definition) is 3. The predicted octanol–water partition coefficient (Wildman–Crippen LogP) is 4.04. The second-order valence-corrected chi connectivity index (χ2v) is 7.72. The number of amidine groups is 1. The standard InChI is InChI=1S/C20H14F3N3O2S/c21-16-8-9-17(20(23)19(16)22)24-18-11-14(25-29(27,28)26-18)10-13-6-3-5-12-4-1-2-7-15(12)13/h1-9,11,25H,10H2,(H,24,26). The van der Waals surface area contributed by atoms with Crippen molar-refractivity contribution in [2.75, 3.05) is 5.32 Å². The van der Waals surface area contributed by atoms with Crippen LogP contribution in [0.4, 0.5) is 18.9 Å². The van der Waals surface area contributed by atoms with Gasteiger partial charge >= 0.3 is 10.2 Å². The van der Waals surface area contributed by atoms with Crippen molar-refractivity contribution in [1.82, 2.24) is 4.72 Å². The van der Waals surface area contributed by atoms with Crippen molar-refractivity contribution < 1.29 is 21.6 Å². The van der Waals surface area contributed by atoms with Crippen LogP contribution in [-0.2, 0) is 16.6 Å². The summed E-state index contributed by atoms with van der Waals surface area (Å²) >= 11 is 0. The molecule has 1 aliphatic heterocycles. The van der Waals surface area contributed by atoms with Gasteiger partial charge in [0.2, 0.25) is 0 Å². The highest BCUT2D eigenvalue weighted by atomic mass is 32.2. The zero-order valence-electron chi connectivity index (χ0n) is 14.8. The number of benzene rings is 3. The Bertz CT molecular complexity index is 1280. The van der Waals surface area contributed by atoms with Gasteiger partial charge in [0.1, 0.15) is 5.84 Å². The molecule has 0 fully saturated rings. The molecular weight excluding hydrogens is 403 g/mol. The summed E-state index contributed by atoms with van der Waals surface area (Å²) in [5.41, 5.74) is 0.736. The molecular formula is C20H14F3N3O2S. The SMILES string of the molecule is O=S1(=O)N=C(Nc2ccc(F)c(F)c2F)C=C(Cc2cccc3ccccc23)N1. The van der Waals surface area contributed by atoms with E-state index in [1.807, 2.05) is 42.5 Å². The van der Waals surface area contributed by atoms with Crippen LogP contribution in [0.5, 0.6) is 0 Å². The summed E-state index contributed by atoms with van der Waals surface area (Å²) < 4.78 is 70.5. The number of halogens is 3. The summed E-state index contributed by atoms with van der Waals surface area (Å²) in [5, 5.41) is 4.36. The van der Waals surface area contributed by atoms with Gasteiger partial charge in [0.05, 0.1) is 5.69 Å². The Hall–Kier alpha value is -3.33. The van der Waals surface area contributed by atoms with Crippen LogP contribution >= 0.6 is 0 Å². The van der Waals surface area contributed by atoms with Gasteiger partial charge in [-0.25, -0.2) is 13.2 Å². The molecule has 0 atom stereocenters. The van der Waals surface area contributed by atoms with Crippen LogP contribution < -0.4 is 10.0 Å². The van der Waals surface area contributed by atoms with E-state index in [0.29, 0.717) is 5.70 Å². The lowest BCUT2D eigenvalue weighted by Crippen LogP contribution is -2.30. The number of allylic oxidation sites excluding steroid dienone is 1. The first-order valence-corrected chi connectivity index (χ1v) is 9.97. The van der Waals surface area contributed by atoms with E-state index in [1.54, 1.807) is 0 Å². The third kappa shape index (κ3) is 3.95. The van der Waals surface area contributed by atoms with E-state index < -0.39 is 33.3 Å². The third-order valence-corrected chi connectivity index (χ3v) is 5.31. The van der Waals surface area contributed by atoms with Gasteiger partial charge < -0.3 is 5.32 Å². The van der Waals surface area contributed by atoms with E-state index in [9.17, 15) is 21.6 Å². The Kier molecular flexibility index (Phi) is 4.75. The number of nitrogens with one attached hydrogen (secondary N) is 2. The summed E-state index contributed by atoms with van der Waals surface area (Å²) in [5.74, 6) is -4.69. The average Bonchev–Trinajstić information content (AvgIpc) is 2.68. The molecule has 3 aromatic carbocycles. The molecule has 2 N–H and O–H groups in total. The summed E-state index contributed by atoms with van der Waals surface area (Å²) in [4.78, 5) is 0. The van der Waals surface area contributed by atoms with E-state index in [4.69, 9.17) is 0 Å². The minimum Gasteiger partial charge on any atom is -0.337 e. The van der Waals surface area contributed by atoms with Gasteiger partial charge in [-0.15, -0.1) is 4.40 Å². The molecule has 0 bridgehead atoms. The van der Waals surface area contributed by atoms with Gasteiger partial charge in [-0.05, 0) is 28.5 Å². The van der Waals surface area contributed by atoms with Gasteiger partial charge in [-0.3, -0.25) is 4.72 Å². The van der Waals surface area contributed by atoms with Crippen molar-refractivity contribution in [3.63, 3.8) is 0 Å². The van der Waals surface area contributed by atoms with E-state index >= 15 is 0 Å². The lowest BCUT2D eigenvalue weighted by molar-refractivity contribution is 0.449. The van der Waals surface area contributed by atoms with Crippen molar-refractivity contribution >= 4 is 32.5 Å². The molecule has 0 amide bonds. The van der Waals surface area contributed by atoms with E-state index in [1.165, 1.54) is 6.08 Å². The predicted molar refractivity (Wildman–Crippen MR) is 105 cm³/mol. The Morgan fingerprint density at radius 1 is 0.931 bits per heavy atom. The first-order valence-electron chi connectivity index (χ1n) is 8.53. The minimum atomic E-state index is -4.09. The molecule has 0 saturated carbocycles. The maximum absolute atomic E-state index is 13.9. The van der Waals surface area contributed by atoms with Crippen LogP contribution in [0.3, 0.4) is 0 Å². The van der Waals surface area contributed by atoms with Crippen LogP contribution in [0.1, 0.15) is 5.56 Å². The molecule has 0 aliphatic carbocycles. The van der Waals surface area contributed by atoms with Gasteiger partial charge in [0, 0.05) is 18.2 Å². The molecule has 0 radical (unpaired) electrons. The number of nitrogens with zero attached hydrogens (tertiary/aromatic N) is 1. The Balaban J connectivity index is 1.67. The fourth-order valence-electron chi connectivity index (χ4n) is 3.10. The summed E-state index contributed by atoms with van der Waals surface area (Å²) in [6, 6.07) is 15.0. The number of fused-ring (bicyclic) bond motifs is 1. The first-order chi connectivity index (χ1) is 13.8. The highest BCUT2D eigenvalue weighted by molar-refractivity contribution is 7.88. The summed E-state index contributed by atoms with van der Waals surface area (Å²) in [6.07, 6.45) is 1.62. The maximum Gasteiger partial charge on any atom is 0.343 e. The Morgan fingerprint density at radius 2 is 1.69 bits per heavy atom. The van der Waals surface area contributed by atoms with Gasteiger partial charge in [-0.2, -0.15) is 8.42 Å². The first kappa shape index (κ1) is 19.0. The fourth-order valence-corrected chi connectivity index (χ4v) is 3.96. The maximum atomic E-state index is 13.9. The second-order valence-electron chi connectivity index (χ2n) is 6.39. The number of rotatable bonds is 3. The van der Waals surface area contributed by atoms with E-state index in [0.717, 1.165) is 28.5 Å². The number of hydrogen-bond donors (Lipinski definition) is 2. The zero-order chi connectivity index (χ0) is 20.6. The van der Waals surface area contributed by atoms with Crippen LogP contribution in [-0.4, -0.2) is 14.3 Å². The Labute approximate surface area is 164 Å². The molecule has 148 valence electrons. The van der Waals surface area contributed by atoms with Crippen molar-refractivity contribution in [1.29, 1.82) is 0 Å². The lowest BCUT2D eigenvalue weighted by Gasteiger charge is -2.17. The molecule has 1 aliphatic rings. The molecule has 29 heavy (non-hydrogen) atoms. The monoisotopic (exact) mass is 417 g/mol. The van der Waals surface area contributed by atoms with Crippen LogP contribution in [0.25, 0.3) is 10.8 Å². The molecule has 0 aromatic heterocycles. The van der Waals surface area contributed by atoms with Crippen molar-refractivity contribution in [2.45, 2.75) is 6.42 Å².